The molecule has 2 aliphatic rings. The number of nitrogens with one attached hydrogen (secondary N) is 3. The van der Waals surface area contributed by atoms with E-state index in [1.165, 1.54) is 0 Å². The minimum absolute atomic E-state index is 0.0673. The summed E-state index contributed by atoms with van der Waals surface area (Å²) in [5.41, 5.74) is 7.50. The molecule has 8 heteroatoms. The molecule has 0 amide bonds. The average molecular weight is 359 g/mol. The number of ether oxygens (including phenoxy) is 1. The van der Waals surface area contributed by atoms with E-state index in [0.29, 0.717) is 17.8 Å². The van der Waals surface area contributed by atoms with Gasteiger partial charge in [-0.05, 0) is 32.8 Å². The molecule has 26 heavy (non-hydrogen) atoms. The van der Waals surface area contributed by atoms with Crippen LogP contribution in [0.3, 0.4) is 0 Å². The Morgan fingerprint density at radius 1 is 1.35 bits per heavy atom. The van der Waals surface area contributed by atoms with Gasteiger partial charge in [0.2, 0.25) is 0 Å². The third-order valence-corrected chi connectivity index (χ3v) is 4.55. The van der Waals surface area contributed by atoms with Crippen LogP contribution in [0, 0.1) is 0 Å². The molecular formula is C18H29N7O. The predicted octanol–water partition coefficient (Wildman–Crippen LogP) is 1.81. The van der Waals surface area contributed by atoms with Crippen LogP contribution in [0.4, 0.5) is 17.2 Å². The fraction of sp³-hybridized carbons (Fsp3) is 0.556. The van der Waals surface area contributed by atoms with Crippen molar-refractivity contribution in [1.29, 1.82) is 0 Å². The Bertz CT molecular complexity index is 666. The van der Waals surface area contributed by atoms with Crippen LogP contribution in [0.5, 0.6) is 0 Å². The second-order valence-corrected chi connectivity index (χ2v) is 6.95. The lowest BCUT2D eigenvalue weighted by Crippen LogP contribution is -2.50. The molecule has 3 rings (SSSR count). The first-order valence-corrected chi connectivity index (χ1v) is 9.11. The van der Waals surface area contributed by atoms with Gasteiger partial charge in [-0.3, -0.25) is 9.89 Å². The number of likely N-dealkylation sites (tertiary alicyclic amines) is 1. The van der Waals surface area contributed by atoms with Crippen molar-refractivity contribution in [3.63, 3.8) is 0 Å². The van der Waals surface area contributed by atoms with Gasteiger partial charge >= 0.3 is 0 Å². The number of hydrogen-bond donors (Lipinski definition) is 4. The molecule has 8 nitrogen and oxygen atoms in total. The van der Waals surface area contributed by atoms with Crippen LogP contribution in [0.15, 0.2) is 29.2 Å². The van der Waals surface area contributed by atoms with E-state index in [4.69, 9.17) is 10.5 Å². The van der Waals surface area contributed by atoms with Gasteiger partial charge in [0.1, 0.15) is 11.6 Å². The van der Waals surface area contributed by atoms with Crippen molar-refractivity contribution in [3.8, 4) is 0 Å². The molecule has 1 aromatic heterocycles. The van der Waals surface area contributed by atoms with Gasteiger partial charge in [0, 0.05) is 38.5 Å². The topological polar surface area (TPSA) is 99.8 Å². The number of allylic oxidation sites excluding steroid dienone is 1. The van der Waals surface area contributed by atoms with Crippen LogP contribution < -0.4 is 21.7 Å². The Balaban J connectivity index is 1.61. The summed E-state index contributed by atoms with van der Waals surface area (Å²) in [4.78, 5) is 11.2. The number of rotatable bonds is 6. The first-order valence-electron chi connectivity index (χ1n) is 9.11. The fourth-order valence-corrected chi connectivity index (χ4v) is 3.15. The Kier molecular flexibility index (Phi) is 5.95. The zero-order valence-electron chi connectivity index (χ0n) is 15.7. The number of piperidine rings is 1. The normalized spacial score (nSPS) is 21.4. The second kappa shape index (κ2) is 8.37. The summed E-state index contributed by atoms with van der Waals surface area (Å²) in [7, 11) is 1.78. The van der Waals surface area contributed by atoms with Crippen molar-refractivity contribution >= 4 is 23.4 Å². The van der Waals surface area contributed by atoms with Gasteiger partial charge in [-0.2, -0.15) is 0 Å². The molecule has 1 saturated heterocycles. The number of nitrogen functional groups attached to an aromatic ring is 1. The third-order valence-electron chi connectivity index (χ3n) is 4.55. The smallest absolute Gasteiger partial charge is 0.177 e. The molecule has 0 spiro atoms. The monoisotopic (exact) mass is 359 g/mol. The van der Waals surface area contributed by atoms with Crippen LogP contribution >= 0.6 is 0 Å². The molecule has 1 unspecified atom stereocenters. The van der Waals surface area contributed by atoms with Gasteiger partial charge in [0.05, 0.1) is 23.7 Å². The second-order valence-electron chi connectivity index (χ2n) is 6.95. The van der Waals surface area contributed by atoms with Crippen molar-refractivity contribution in [2.75, 3.05) is 36.6 Å². The van der Waals surface area contributed by atoms with Crippen LogP contribution in [-0.4, -0.2) is 54.7 Å². The molecule has 1 fully saturated rings. The SMILES string of the molecule is COC1CCN(C2N=CC=C(Nc3cc(NC(C)C)c(N)cn3)N2)CC1. The summed E-state index contributed by atoms with van der Waals surface area (Å²) >= 11 is 0. The van der Waals surface area contributed by atoms with E-state index < -0.39 is 0 Å². The van der Waals surface area contributed by atoms with E-state index >= 15 is 0 Å². The number of aromatic nitrogens is 1. The van der Waals surface area contributed by atoms with E-state index in [1.807, 2.05) is 18.4 Å². The fourth-order valence-electron chi connectivity index (χ4n) is 3.15. The van der Waals surface area contributed by atoms with Crippen molar-refractivity contribution < 1.29 is 4.74 Å². The minimum atomic E-state index is -0.0673. The lowest BCUT2D eigenvalue weighted by atomic mass is 10.1. The van der Waals surface area contributed by atoms with Gasteiger partial charge in [-0.1, -0.05) is 0 Å². The zero-order chi connectivity index (χ0) is 18.5. The van der Waals surface area contributed by atoms with E-state index in [-0.39, 0.29) is 6.29 Å². The van der Waals surface area contributed by atoms with Gasteiger partial charge in [-0.15, -0.1) is 0 Å². The van der Waals surface area contributed by atoms with Crippen molar-refractivity contribution in [2.24, 2.45) is 4.99 Å². The number of methoxy groups -OCH3 is 1. The summed E-state index contributed by atoms with van der Waals surface area (Å²) in [5.74, 6) is 1.60. The summed E-state index contributed by atoms with van der Waals surface area (Å²) < 4.78 is 5.44. The predicted molar refractivity (Wildman–Crippen MR) is 106 cm³/mol. The summed E-state index contributed by atoms with van der Waals surface area (Å²) in [6.45, 7) is 6.07. The van der Waals surface area contributed by atoms with Crippen molar-refractivity contribution in [1.82, 2.24) is 15.2 Å². The lowest BCUT2D eigenvalue weighted by Gasteiger charge is -2.36. The summed E-state index contributed by atoms with van der Waals surface area (Å²) in [6, 6.07) is 2.22. The summed E-state index contributed by atoms with van der Waals surface area (Å²) in [6.07, 6.45) is 7.75. The number of anilines is 3. The van der Waals surface area contributed by atoms with Crippen LogP contribution in [0.25, 0.3) is 0 Å². The molecule has 142 valence electrons. The Labute approximate surface area is 154 Å². The molecule has 0 bridgehead atoms. The Hall–Kier alpha value is -2.32. The van der Waals surface area contributed by atoms with Gasteiger partial charge in [0.15, 0.2) is 6.29 Å². The first-order chi connectivity index (χ1) is 12.5. The number of nitrogens with zero attached hydrogens (tertiary/aromatic N) is 3. The summed E-state index contributed by atoms with van der Waals surface area (Å²) in [5, 5.41) is 10.1. The molecule has 0 aromatic carbocycles. The molecular weight excluding hydrogens is 330 g/mol. The quantitative estimate of drug-likeness (QED) is 0.614. The highest BCUT2D eigenvalue weighted by Gasteiger charge is 2.25. The Morgan fingerprint density at radius 3 is 2.81 bits per heavy atom. The molecule has 3 heterocycles. The highest BCUT2D eigenvalue weighted by atomic mass is 16.5. The third kappa shape index (κ3) is 4.64. The lowest BCUT2D eigenvalue weighted by molar-refractivity contribution is 0.0246. The van der Waals surface area contributed by atoms with Crippen molar-refractivity contribution in [2.45, 2.75) is 45.1 Å². The van der Waals surface area contributed by atoms with E-state index in [2.05, 4.69) is 44.7 Å². The maximum atomic E-state index is 5.99. The standard InChI is InChI=1S/C18H29N7O/c1-12(2)22-15-10-17(21-11-14(15)19)23-16-4-7-20-18(24-16)25-8-5-13(26-3)6-9-25/h4,7,10-13,18,24H,5-6,8-9,19H2,1-3H3,(H2,21,22,23). The number of aliphatic imine (C=N–C) groups is 1. The van der Waals surface area contributed by atoms with Crippen molar-refractivity contribution in [3.05, 3.63) is 24.2 Å². The van der Waals surface area contributed by atoms with Gasteiger partial charge < -0.3 is 26.4 Å². The van der Waals surface area contributed by atoms with E-state index in [9.17, 15) is 0 Å². The van der Waals surface area contributed by atoms with Gasteiger partial charge in [0.25, 0.3) is 0 Å². The van der Waals surface area contributed by atoms with E-state index in [1.54, 1.807) is 13.3 Å². The largest absolute Gasteiger partial charge is 0.396 e. The molecule has 0 radical (unpaired) electrons. The maximum Gasteiger partial charge on any atom is 0.177 e. The molecule has 1 atom stereocenters. The van der Waals surface area contributed by atoms with E-state index in [0.717, 1.165) is 43.3 Å². The maximum absolute atomic E-state index is 5.99. The highest BCUT2D eigenvalue weighted by Crippen LogP contribution is 2.22. The molecule has 1 aromatic rings. The van der Waals surface area contributed by atoms with Crippen LogP contribution in [0.2, 0.25) is 0 Å². The molecule has 0 saturated carbocycles. The number of hydrogen-bond acceptors (Lipinski definition) is 8. The Morgan fingerprint density at radius 2 is 2.12 bits per heavy atom. The van der Waals surface area contributed by atoms with Gasteiger partial charge in [-0.25, -0.2) is 4.98 Å². The van der Waals surface area contributed by atoms with Crippen LogP contribution in [-0.2, 0) is 4.74 Å². The number of pyridine rings is 1. The highest BCUT2D eigenvalue weighted by molar-refractivity contribution is 5.75. The van der Waals surface area contributed by atoms with Crippen LogP contribution in [0.1, 0.15) is 26.7 Å². The zero-order valence-corrected chi connectivity index (χ0v) is 15.7. The first kappa shape index (κ1) is 18.5. The molecule has 5 N–H and O–H groups in total. The average Bonchev–Trinajstić information content (AvgIpc) is 2.64. The number of nitrogens with two attached hydrogens (primary N) is 1. The molecule has 0 aliphatic carbocycles. The molecule has 2 aliphatic heterocycles. The minimum Gasteiger partial charge on any atom is -0.396 e.